The van der Waals surface area contributed by atoms with E-state index >= 15 is 0 Å². The van der Waals surface area contributed by atoms with Crippen LogP contribution in [0.3, 0.4) is 0 Å². The summed E-state index contributed by atoms with van der Waals surface area (Å²) in [4.78, 5) is 23.0. The van der Waals surface area contributed by atoms with E-state index in [2.05, 4.69) is 66.3 Å². The third-order valence-electron chi connectivity index (χ3n) is 6.11. The van der Waals surface area contributed by atoms with Gasteiger partial charge in [-0.05, 0) is 72.4 Å². The van der Waals surface area contributed by atoms with Crippen molar-refractivity contribution in [3.8, 4) is 16.9 Å². The van der Waals surface area contributed by atoms with Crippen LogP contribution in [0, 0.1) is 12.8 Å². The molecule has 4 aromatic rings. The summed E-state index contributed by atoms with van der Waals surface area (Å²) in [6.07, 6.45) is 1.02. The topological polar surface area (TPSA) is 58.2 Å². The predicted octanol–water partition coefficient (Wildman–Crippen LogP) is 5.77. The Bertz CT molecular complexity index is 1300. The number of fused-ring (bicyclic) bond motifs is 2. The molecule has 0 radical (unpaired) electrons. The number of nitrogens with zero attached hydrogens (tertiary/aromatic N) is 2. The van der Waals surface area contributed by atoms with Crippen molar-refractivity contribution in [1.29, 1.82) is 0 Å². The highest BCUT2D eigenvalue weighted by Gasteiger charge is 2.21. The van der Waals surface area contributed by atoms with Crippen LogP contribution in [0.15, 0.2) is 60.7 Å². The number of aryl methyl sites for hydroxylation is 1. The summed E-state index contributed by atoms with van der Waals surface area (Å²) >= 11 is 0. The summed E-state index contributed by atoms with van der Waals surface area (Å²) in [6, 6.07) is 20.5. The first-order valence-corrected chi connectivity index (χ1v) is 11.6. The molecule has 33 heavy (non-hydrogen) atoms. The average molecular weight is 440 g/mol. The molecule has 2 heterocycles. The largest absolute Gasteiger partial charge is 0.491 e. The van der Waals surface area contributed by atoms with Crippen LogP contribution in [0.25, 0.3) is 22.2 Å². The van der Waals surface area contributed by atoms with Gasteiger partial charge in [0.2, 0.25) is 0 Å². The third-order valence-corrected chi connectivity index (χ3v) is 6.11. The second-order valence-electron chi connectivity index (χ2n) is 9.25. The molecule has 3 aromatic carbocycles. The molecule has 5 nitrogen and oxygen atoms in total. The predicted molar refractivity (Wildman–Crippen MR) is 131 cm³/mol. The Morgan fingerprint density at radius 1 is 1.06 bits per heavy atom. The summed E-state index contributed by atoms with van der Waals surface area (Å²) in [5.41, 5.74) is 7.18. The first-order chi connectivity index (χ1) is 16.0. The first-order valence-electron chi connectivity index (χ1n) is 11.6. The van der Waals surface area contributed by atoms with Crippen molar-refractivity contribution in [3.05, 3.63) is 83.2 Å². The molecule has 1 aromatic heterocycles. The van der Waals surface area contributed by atoms with Crippen LogP contribution < -0.4 is 4.74 Å². The normalized spacial score (nSPS) is 13.6. The van der Waals surface area contributed by atoms with Crippen LogP contribution in [0.1, 0.15) is 41.2 Å². The molecule has 1 aliphatic rings. The van der Waals surface area contributed by atoms with Crippen molar-refractivity contribution >= 4 is 16.9 Å². The maximum atomic E-state index is 13.3. The molecule has 1 aliphatic heterocycles. The molecule has 1 amide bonds. The summed E-state index contributed by atoms with van der Waals surface area (Å²) in [6.45, 7) is 7.95. The lowest BCUT2D eigenvalue weighted by Gasteiger charge is -2.20. The Morgan fingerprint density at radius 3 is 2.61 bits per heavy atom. The molecule has 168 valence electrons. The molecule has 0 fully saturated rings. The van der Waals surface area contributed by atoms with Gasteiger partial charge in [-0.25, -0.2) is 4.98 Å². The zero-order valence-corrected chi connectivity index (χ0v) is 19.4. The number of amides is 1. The van der Waals surface area contributed by atoms with Crippen LogP contribution in [0.4, 0.5) is 0 Å². The number of rotatable bonds is 4. The number of aromatic nitrogens is 2. The molecular formula is C28H29N3O2. The highest BCUT2D eigenvalue weighted by atomic mass is 16.5. The molecule has 0 saturated heterocycles. The average Bonchev–Trinajstić information content (AvgIpc) is 3.04. The number of H-pyrrole nitrogens is 1. The van der Waals surface area contributed by atoms with Gasteiger partial charge in [-0.3, -0.25) is 4.79 Å². The van der Waals surface area contributed by atoms with Crippen molar-refractivity contribution in [2.24, 2.45) is 5.92 Å². The van der Waals surface area contributed by atoms with Gasteiger partial charge in [-0.15, -0.1) is 0 Å². The van der Waals surface area contributed by atoms with Crippen LogP contribution in [0.5, 0.6) is 5.75 Å². The standard InChI is InChI=1S/C28H29N3O2/c1-18(2)14-20-4-6-21(7-5-20)28(32)31-12-13-33-27-11-9-22(15-24(27)17-31)23-8-10-25-26(16-23)30-19(3)29-25/h4-11,15-16,18H,12-14,17H2,1-3H3,(H,29,30). The molecule has 5 heteroatoms. The quantitative estimate of drug-likeness (QED) is 0.439. The van der Waals surface area contributed by atoms with Gasteiger partial charge in [0.25, 0.3) is 5.91 Å². The SMILES string of the molecule is Cc1nc2cc(-c3ccc4c(c3)CN(C(=O)c3ccc(CC(C)C)cc3)CCO4)ccc2[nH]1. The number of carbonyl (C=O) groups is 1. The summed E-state index contributed by atoms with van der Waals surface area (Å²) in [5.74, 6) is 2.39. The second-order valence-corrected chi connectivity index (χ2v) is 9.25. The van der Waals surface area contributed by atoms with E-state index in [1.807, 2.05) is 30.0 Å². The zero-order valence-electron chi connectivity index (χ0n) is 19.4. The fourth-order valence-corrected chi connectivity index (χ4v) is 4.50. The van der Waals surface area contributed by atoms with Gasteiger partial charge in [0.15, 0.2) is 0 Å². The van der Waals surface area contributed by atoms with Crippen LogP contribution in [-0.4, -0.2) is 33.9 Å². The highest BCUT2D eigenvalue weighted by molar-refractivity contribution is 5.94. The number of ether oxygens (including phenoxy) is 1. The van der Waals surface area contributed by atoms with Crippen molar-refractivity contribution in [2.75, 3.05) is 13.2 Å². The lowest BCUT2D eigenvalue weighted by molar-refractivity contribution is 0.0733. The molecule has 0 bridgehead atoms. The second kappa shape index (κ2) is 8.74. The monoisotopic (exact) mass is 439 g/mol. The minimum atomic E-state index is 0.0429. The van der Waals surface area contributed by atoms with E-state index in [9.17, 15) is 4.79 Å². The van der Waals surface area contributed by atoms with Gasteiger partial charge in [0.05, 0.1) is 17.6 Å². The number of benzene rings is 3. The number of imidazole rings is 1. The first kappa shape index (κ1) is 21.3. The number of carbonyl (C=O) groups excluding carboxylic acids is 1. The van der Waals surface area contributed by atoms with Crippen molar-refractivity contribution in [2.45, 2.75) is 33.7 Å². The van der Waals surface area contributed by atoms with E-state index in [0.717, 1.165) is 51.3 Å². The minimum absolute atomic E-state index is 0.0429. The van der Waals surface area contributed by atoms with Gasteiger partial charge < -0.3 is 14.6 Å². The minimum Gasteiger partial charge on any atom is -0.491 e. The highest BCUT2D eigenvalue weighted by Crippen LogP contribution is 2.31. The lowest BCUT2D eigenvalue weighted by atomic mass is 10.0. The van der Waals surface area contributed by atoms with Gasteiger partial charge in [0.1, 0.15) is 18.2 Å². The molecule has 0 aliphatic carbocycles. The zero-order chi connectivity index (χ0) is 22.9. The maximum absolute atomic E-state index is 13.3. The van der Waals surface area contributed by atoms with Crippen LogP contribution >= 0.6 is 0 Å². The summed E-state index contributed by atoms with van der Waals surface area (Å²) < 4.78 is 5.98. The van der Waals surface area contributed by atoms with E-state index in [-0.39, 0.29) is 5.91 Å². The molecule has 0 unspecified atom stereocenters. The van der Waals surface area contributed by atoms with Crippen molar-refractivity contribution in [1.82, 2.24) is 14.9 Å². The molecule has 0 spiro atoms. The van der Waals surface area contributed by atoms with Crippen molar-refractivity contribution < 1.29 is 9.53 Å². The Morgan fingerprint density at radius 2 is 1.82 bits per heavy atom. The summed E-state index contributed by atoms with van der Waals surface area (Å²) in [5, 5.41) is 0. The van der Waals surface area contributed by atoms with E-state index < -0.39 is 0 Å². The van der Waals surface area contributed by atoms with Gasteiger partial charge in [-0.1, -0.05) is 38.1 Å². The van der Waals surface area contributed by atoms with Crippen molar-refractivity contribution in [3.63, 3.8) is 0 Å². The third kappa shape index (κ3) is 4.49. The van der Waals surface area contributed by atoms with E-state index in [0.29, 0.717) is 25.6 Å². The summed E-state index contributed by atoms with van der Waals surface area (Å²) in [7, 11) is 0. The van der Waals surface area contributed by atoms with Gasteiger partial charge in [-0.2, -0.15) is 0 Å². The maximum Gasteiger partial charge on any atom is 0.254 e. The molecular weight excluding hydrogens is 410 g/mol. The smallest absolute Gasteiger partial charge is 0.254 e. The number of nitrogens with one attached hydrogen (secondary N) is 1. The fraction of sp³-hybridized carbons (Fsp3) is 0.286. The molecule has 5 rings (SSSR count). The molecule has 0 saturated carbocycles. The number of aromatic amines is 1. The molecule has 0 atom stereocenters. The Balaban J connectivity index is 1.39. The van der Waals surface area contributed by atoms with E-state index in [1.165, 1.54) is 5.56 Å². The van der Waals surface area contributed by atoms with Gasteiger partial charge in [0, 0.05) is 17.7 Å². The fourth-order valence-electron chi connectivity index (χ4n) is 4.50. The Labute approximate surface area is 194 Å². The Hall–Kier alpha value is -3.60. The van der Waals surface area contributed by atoms with Crippen LogP contribution in [-0.2, 0) is 13.0 Å². The molecule has 1 N–H and O–H groups in total. The number of hydrogen-bond donors (Lipinski definition) is 1. The lowest BCUT2D eigenvalue weighted by Crippen LogP contribution is -2.32. The van der Waals surface area contributed by atoms with E-state index in [4.69, 9.17) is 4.74 Å². The van der Waals surface area contributed by atoms with Gasteiger partial charge >= 0.3 is 0 Å². The van der Waals surface area contributed by atoms with Crippen LogP contribution in [0.2, 0.25) is 0 Å². The van der Waals surface area contributed by atoms with E-state index in [1.54, 1.807) is 0 Å². The Kier molecular flexibility index (Phi) is 5.63. The number of hydrogen-bond acceptors (Lipinski definition) is 3.